The molecule has 7 heteroatoms. The van der Waals surface area contributed by atoms with Crippen molar-refractivity contribution in [3.05, 3.63) is 47.5 Å². The third-order valence-electron chi connectivity index (χ3n) is 7.10. The number of ether oxygens (including phenoxy) is 3. The number of benzene rings is 2. The van der Waals surface area contributed by atoms with Gasteiger partial charge in [0.05, 0.1) is 20.3 Å². The SMILES string of the molecule is COc1cc2c(cc1OC)[C@@H]1C[C@H](C[C@H]3[C@H](O)CCCN13)OC(=O)/C=C\c1ccc(O)c-2c1. The average Bonchev–Trinajstić information content (AvgIpc) is 2.82. The Labute approximate surface area is 193 Å². The normalized spacial score (nSPS) is 27.8. The summed E-state index contributed by atoms with van der Waals surface area (Å²) in [6, 6.07) is 8.85. The van der Waals surface area contributed by atoms with Crippen LogP contribution in [0, 0.1) is 0 Å². The molecule has 3 aliphatic rings. The minimum atomic E-state index is -0.480. The van der Waals surface area contributed by atoms with Crippen molar-refractivity contribution in [3.63, 3.8) is 0 Å². The van der Waals surface area contributed by atoms with Crippen molar-refractivity contribution in [2.75, 3.05) is 20.8 Å². The highest BCUT2D eigenvalue weighted by atomic mass is 16.5. The lowest BCUT2D eigenvalue weighted by molar-refractivity contribution is -0.151. The number of fused-ring (bicyclic) bond motifs is 9. The molecule has 4 atom stereocenters. The van der Waals surface area contributed by atoms with E-state index in [9.17, 15) is 15.0 Å². The molecule has 2 N–H and O–H groups in total. The first kappa shape index (κ1) is 21.8. The standard InChI is InChI=1S/C26H29NO6/c1-31-24-13-17-18(14-25(24)32-2)20-11-16(12-21-23(29)4-3-9-27(20)21)33-26(30)8-6-15-5-7-22(28)19(17)10-15/h5-8,10,13-14,16,20-21,23,28-29H,3-4,9,11-12H2,1-2H3/b8-6-/t16-,20+,21+,23-/m1/s1. The fraction of sp³-hybridized carbons (Fsp3) is 0.423. The number of aliphatic hydroxyl groups is 1. The van der Waals surface area contributed by atoms with Crippen LogP contribution >= 0.6 is 0 Å². The Kier molecular flexibility index (Phi) is 5.76. The van der Waals surface area contributed by atoms with E-state index in [0.29, 0.717) is 29.9 Å². The molecule has 0 radical (unpaired) electrons. The average molecular weight is 452 g/mol. The van der Waals surface area contributed by atoms with Crippen molar-refractivity contribution >= 4 is 12.0 Å². The number of aliphatic hydroxyl groups excluding tert-OH is 1. The van der Waals surface area contributed by atoms with E-state index in [2.05, 4.69) is 4.90 Å². The molecule has 2 fully saturated rings. The molecule has 0 unspecified atom stereocenters. The van der Waals surface area contributed by atoms with E-state index >= 15 is 0 Å². The number of carbonyl (C=O) groups excluding carboxylic acids is 1. The van der Waals surface area contributed by atoms with E-state index in [1.165, 1.54) is 6.08 Å². The molecule has 0 amide bonds. The number of hydrogen-bond acceptors (Lipinski definition) is 7. The van der Waals surface area contributed by atoms with Crippen LogP contribution in [-0.2, 0) is 9.53 Å². The van der Waals surface area contributed by atoms with Gasteiger partial charge in [-0.05, 0) is 66.4 Å². The maximum Gasteiger partial charge on any atom is 0.331 e. The second kappa shape index (κ2) is 8.72. The fourth-order valence-electron chi connectivity index (χ4n) is 5.54. The summed E-state index contributed by atoms with van der Waals surface area (Å²) in [7, 11) is 3.19. The van der Waals surface area contributed by atoms with E-state index in [4.69, 9.17) is 14.2 Å². The quantitative estimate of drug-likeness (QED) is 0.674. The number of phenols is 1. The van der Waals surface area contributed by atoms with Gasteiger partial charge in [-0.2, -0.15) is 0 Å². The monoisotopic (exact) mass is 451 g/mol. The van der Waals surface area contributed by atoms with Crippen molar-refractivity contribution in [2.45, 2.75) is 50.0 Å². The number of aromatic hydroxyl groups is 1. The molecule has 3 aliphatic heterocycles. The molecule has 3 heterocycles. The van der Waals surface area contributed by atoms with E-state index < -0.39 is 12.1 Å². The van der Waals surface area contributed by atoms with Crippen LogP contribution in [0.25, 0.3) is 17.2 Å². The van der Waals surface area contributed by atoms with E-state index in [-0.39, 0.29) is 23.9 Å². The summed E-state index contributed by atoms with van der Waals surface area (Å²) < 4.78 is 17.0. The summed E-state index contributed by atoms with van der Waals surface area (Å²) in [6.45, 7) is 0.840. The molecule has 0 aliphatic carbocycles. The van der Waals surface area contributed by atoms with Gasteiger partial charge in [-0.15, -0.1) is 0 Å². The van der Waals surface area contributed by atoms with Crippen LogP contribution in [0.3, 0.4) is 0 Å². The van der Waals surface area contributed by atoms with Gasteiger partial charge in [0.2, 0.25) is 0 Å². The molecule has 5 rings (SSSR count). The van der Waals surface area contributed by atoms with Gasteiger partial charge in [0.25, 0.3) is 0 Å². The van der Waals surface area contributed by atoms with Crippen LogP contribution in [0.4, 0.5) is 0 Å². The maximum absolute atomic E-state index is 12.6. The van der Waals surface area contributed by atoms with Crippen molar-refractivity contribution in [1.82, 2.24) is 4.90 Å². The minimum absolute atomic E-state index is 0.108. The third-order valence-corrected chi connectivity index (χ3v) is 7.10. The Balaban J connectivity index is 1.76. The smallest absolute Gasteiger partial charge is 0.331 e. The predicted octanol–water partition coefficient (Wildman–Crippen LogP) is 3.68. The Morgan fingerprint density at radius 3 is 2.61 bits per heavy atom. The van der Waals surface area contributed by atoms with E-state index in [1.54, 1.807) is 32.4 Å². The van der Waals surface area contributed by atoms with Gasteiger partial charge in [0, 0.05) is 36.6 Å². The third kappa shape index (κ3) is 3.96. The lowest BCUT2D eigenvalue weighted by atomic mass is 9.80. The summed E-state index contributed by atoms with van der Waals surface area (Å²) in [5.74, 6) is 0.896. The molecule has 0 saturated carbocycles. The zero-order chi connectivity index (χ0) is 23.1. The number of piperidine rings is 2. The molecule has 2 aromatic carbocycles. The van der Waals surface area contributed by atoms with E-state index in [0.717, 1.165) is 36.1 Å². The van der Waals surface area contributed by atoms with Crippen LogP contribution in [0.5, 0.6) is 17.2 Å². The van der Waals surface area contributed by atoms with Crippen LogP contribution in [0.1, 0.15) is 42.9 Å². The highest BCUT2D eigenvalue weighted by molar-refractivity contribution is 5.88. The van der Waals surface area contributed by atoms with Crippen LogP contribution in [-0.4, -0.2) is 60.1 Å². The molecular weight excluding hydrogens is 422 g/mol. The maximum atomic E-state index is 12.6. The summed E-state index contributed by atoms with van der Waals surface area (Å²) >= 11 is 0. The molecule has 2 aromatic rings. The van der Waals surface area contributed by atoms with Crippen molar-refractivity contribution in [3.8, 4) is 28.4 Å². The molecule has 7 nitrogen and oxygen atoms in total. The van der Waals surface area contributed by atoms with Gasteiger partial charge in [-0.25, -0.2) is 4.79 Å². The Hall–Kier alpha value is -3.03. The molecule has 4 bridgehead atoms. The zero-order valence-electron chi connectivity index (χ0n) is 18.9. The van der Waals surface area contributed by atoms with Gasteiger partial charge in [-0.3, -0.25) is 4.90 Å². The molecule has 0 spiro atoms. The molecular formula is C26H29NO6. The molecule has 33 heavy (non-hydrogen) atoms. The van der Waals surface area contributed by atoms with Gasteiger partial charge in [0.1, 0.15) is 11.9 Å². The Morgan fingerprint density at radius 2 is 1.82 bits per heavy atom. The molecule has 0 aromatic heterocycles. The van der Waals surface area contributed by atoms with Gasteiger partial charge in [0.15, 0.2) is 11.5 Å². The van der Waals surface area contributed by atoms with Crippen molar-refractivity contribution in [2.24, 2.45) is 0 Å². The first-order chi connectivity index (χ1) is 16.0. The largest absolute Gasteiger partial charge is 0.507 e. The number of nitrogens with zero attached hydrogens (tertiary/aromatic N) is 1. The van der Waals surface area contributed by atoms with Gasteiger partial charge in [-0.1, -0.05) is 6.07 Å². The summed E-state index contributed by atoms with van der Waals surface area (Å²) in [5, 5.41) is 21.6. The van der Waals surface area contributed by atoms with Crippen LogP contribution in [0.2, 0.25) is 0 Å². The van der Waals surface area contributed by atoms with Gasteiger partial charge >= 0.3 is 5.97 Å². The van der Waals surface area contributed by atoms with Crippen molar-refractivity contribution in [1.29, 1.82) is 0 Å². The lowest BCUT2D eigenvalue weighted by Crippen LogP contribution is -2.55. The highest BCUT2D eigenvalue weighted by Crippen LogP contribution is 2.47. The fourth-order valence-corrected chi connectivity index (χ4v) is 5.54. The second-order valence-electron chi connectivity index (χ2n) is 8.97. The number of hydrogen-bond donors (Lipinski definition) is 2. The number of methoxy groups -OCH3 is 2. The highest BCUT2D eigenvalue weighted by Gasteiger charge is 2.43. The van der Waals surface area contributed by atoms with Crippen molar-refractivity contribution < 1.29 is 29.2 Å². The second-order valence-corrected chi connectivity index (χ2v) is 8.97. The Morgan fingerprint density at radius 1 is 1.03 bits per heavy atom. The number of phenolic OH excluding ortho intramolecular Hbond substituents is 1. The summed E-state index contributed by atoms with van der Waals surface area (Å²) in [4.78, 5) is 14.9. The minimum Gasteiger partial charge on any atom is -0.507 e. The predicted molar refractivity (Wildman–Crippen MR) is 123 cm³/mol. The summed E-state index contributed by atoms with van der Waals surface area (Å²) in [5.41, 5.74) is 3.21. The number of rotatable bonds is 2. The molecule has 2 saturated heterocycles. The topological polar surface area (TPSA) is 88.5 Å². The van der Waals surface area contributed by atoms with Crippen LogP contribution in [0.15, 0.2) is 36.4 Å². The number of carbonyl (C=O) groups is 1. The number of esters is 1. The first-order valence-electron chi connectivity index (χ1n) is 11.4. The van der Waals surface area contributed by atoms with E-state index in [1.807, 2.05) is 18.2 Å². The van der Waals surface area contributed by atoms with Gasteiger partial charge < -0.3 is 24.4 Å². The Bertz CT molecular complexity index is 1100. The zero-order valence-corrected chi connectivity index (χ0v) is 18.9. The lowest BCUT2D eigenvalue weighted by Gasteiger charge is -2.49. The summed E-state index contributed by atoms with van der Waals surface area (Å²) in [6.07, 6.45) is 5.12. The first-order valence-corrected chi connectivity index (χ1v) is 11.4. The van der Waals surface area contributed by atoms with Crippen LogP contribution < -0.4 is 9.47 Å². The molecule has 174 valence electrons.